The van der Waals surface area contributed by atoms with Gasteiger partial charge in [0.1, 0.15) is 6.10 Å². The lowest BCUT2D eigenvalue weighted by molar-refractivity contribution is 0.0305. The first-order valence-corrected chi connectivity index (χ1v) is 7.97. The number of hydrogen-bond donors (Lipinski definition) is 2. The molecule has 4 heteroatoms. The summed E-state index contributed by atoms with van der Waals surface area (Å²) in [5.41, 5.74) is 1.16. The summed E-state index contributed by atoms with van der Waals surface area (Å²) in [6.07, 6.45) is 4.59. The highest BCUT2D eigenvalue weighted by atomic mass is 16.5. The van der Waals surface area contributed by atoms with Gasteiger partial charge in [-0.15, -0.1) is 0 Å². The predicted molar refractivity (Wildman–Crippen MR) is 83.9 cm³/mol. The van der Waals surface area contributed by atoms with E-state index < -0.39 is 0 Å². The molecule has 1 saturated carbocycles. The molecule has 0 aliphatic heterocycles. The van der Waals surface area contributed by atoms with E-state index in [1.54, 1.807) is 7.11 Å². The minimum absolute atomic E-state index is 0.129. The summed E-state index contributed by atoms with van der Waals surface area (Å²) < 4.78 is 11.5. The second-order valence-electron chi connectivity index (χ2n) is 5.63. The largest absolute Gasteiger partial charge is 0.493 e. The van der Waals surface area contributed by atoms with Crippen LogP contribution in [-0.4, -0.2) is 31.0 Å². The molecule has 2 atom stereocenters. The average molecular weight is 293 g/mol. The van der Waals surface area contributed by atoms with Gasteiger partial charge in [0.2, 0.25) is 0 Å². The molecular formula is C17H27NO3. The minimum atomic E-state index is -0.380. The fraction of sp³-hybridized carbons (Fsp3) is 0.647. The Labute approximate surface area is 127 Å². The van der Waals surface area contributed by atoms with Gasteiger partial charge in [0, 0.05) is 6.54 Å². The van der Waals surface area contributed by atoms with Gasteiger partial charge in [0.05, 0.1) is 13.2 Å². The van der Waals surface area contributed by atoms with E-state index in [1.165, 1.54) is 6.42 Å². The summed E-state index contributed by atoms with van der Waals surface area (Å²) >= 11 is 0. The summed E-state index contributed by atoms with van der Waals surface area (Å²) in [6.45, 7) is 3.83. The number of hydrogen-bond acceptors (Lipinski definition) is 4. The van der Waals surface area contributed by atoms with Crippen LogP contribution < -0.4 is 14.8 Å². The van der Waals surface area contributed by atoms with E-state index in [0.717, 1.165) is 55.8 Å². The van der Waals surface area contributed by atoms with Crippen LogP contribution in [0.15, 0.2) is 18.2 Å². The molecule has 0 heterocycles. The molecule has 0 bridgehead atoms. The van der Waals surface area contributed by atoms with Gasteiger partial charge in [0.25, 0.3) is 0 Å². The van der Waals surface area contributed by atoms with Gasteiger partial charge in [-0.3, -0.25) is 0 Å². The Hall–Kier alpha value is -1.26. The zero-order chi connectivity index (χ0) is 15.1. The van der Waals surface area contributed by atoms with Crippen molar-refractivity contribution in [2.45, 2.75) is 57.8 Å². The van der Waals surface area contributed by atoms with Crippen molar-refractivity contribution in [2.75, 3.05) is 13.7 Å². The van der Waals surface area contributed by atoms with Gasteiger partial charge < -0.3 is 19.9 Å². The Morgan fingerprint density at radius 1 is 1.19 bits per heavy atom. The Morgan fingerprint density at radius 3 is 2.76 bits per heavy atom. The van der Waals surface area contributed by atoms with Crippen LogP contribution in [0.1, 0.15) is 44.6 Å². The smallest absolute Gasteiger partial charge is 0.162 e. The number of benzene rings is 1. The van der Waals surface area contributed by atoms with E-state index in [4.69, 9.17) is 9.47 Å². The van der Waals surface area contributed by atoms with Gasteiger partial charge in [-0.05, 0) is 43.5 Å². The third-order valence-corrected chi connectivity index (χ3v) is 4.00. The second-order valence-corrected chi connectivity index (χ2v) is 5.63. The zero-order valence-electron chi connectivity index (χ0n) is 13.1. The predicted octanol–water partition coefficient (Wildman–Crippen LogP) is 2.88. The lowest BCUT2D eigenvalue weighted by Gasteiger charge is -2.23. The monoisotopic (exact) mass is 293 g/mol. The standard InChI is InChI=1S/C17H27NO3/c1-3-18-12-13-9-10-16(20-2)17(11-13)21-15-8-6-4-5-7-14(15)19/h9-11,14-15,18-19H,3-8,12H2,1-2H3. The quantitative estimate of drug-likeness (QED) is 0.792. The van der Waals surface area contributed by atoms with Crippen LogP contribution in [0, 0.1) is 0 Å². The zero-order valence-corrected chi connectivity index (χ0v) is 13.1. The first kappa shape index (κ1) is 16.1. The molecule has 2 unspecified atom stereocenters. The lowest BCUT2D eigenvalue weighted by Crippen LogP contribution is -2.30. The van der Waals surface area contributed by atoms with Crippen molar-refractivity contribution in [1.29, 1.82) is 0 Å². The molecule has 2 N–H and O–H groups in total. The number of rotatable bonds is 6. The van der Waals surface area contributed by atoms with Gasteiger partial charge in [-0.2, -0.15) is 0 Å². The number of methoxy groups -OCH3 is 1. The highest BCUT2D eigenvalue weighted by Crippen LogP contribution is 2.31. The van der Waals surface area contributed by atoms with Crippen LogP contribution in [0.4, 0.5) is 0 Å². The van der Waals surface area contributed by atoms with Crippen molar-refractivity contribution in [3.05, 3.63) is 23.8 Å². The molecule has 118 valence electrons. The highest BCUT2D eigenvalue weighted by molar-refractivity contribution is 5.43. The number of nitrogens with one attached hydrogen (secondary N) is 1. The number of aliphatic hydroxyl groups excluding tert-OH is 1. The van der Waals surface area contributed by atoms with Crippen molar-refractivity contribution >= 4 is 0 Å². The molecule has 0 spiro atoms. The van der Waals surface area contributed by atoms with Crippen molar-refractivity contribution in [3.8, 4) is 11.5 Å². The summed E-state index contributed by atoms with van der Waals surface area (Å²) in [7, 11) is 1.65. The molecule has 1 aromatic carbocycles. The van der Waals surface area contributed by atoms with Crippen LogP contribution in [0.3, 0.4) is 0 Å². The number of ether oxygens (including phenoxy) is 2. The van der Waals surface area contributed by atoms with E-state index in [0.29, 0.717) is 0 Å². The van der Waals surface area contributed by atoms with Crippen molar-refractivity contribution in [2.24, 2.45) is 0 Å². The summed E-state index contributed by atoms with van der Waals surface area (Å²) in [5, 5.41) is 13.5. The van der Waals surface area contributed by atoms with Gasteiger partial charge in [0.15, 0.2) is 11.5 Å². The third-order valence-electron chi connectivity index (χ3n) is 4.00. The fourth-order valence-electron chi connectivity index (χ4n) is 2.75. The maximum atomic E-state index is 10.2. The van der Waals surface area contributed by atoms with E-state index in [-0.39, 0.29) is 12.2 Å². The first-order chi connectivity index (χ1) is 10.2. The van der Waals surface area contributed by atoms with Crippen LogP contribution in [0.2, 0.25) is 0 Å². The molecule has 0 aromatic heterocycles. The molecule has 2 rings (SSSR count). The maximum Gasteiger partial charge on any atom is 0.162 e. The summed E-state index contributed by atoms with van der Waals surface area (Å²) in [6, 6.07) is 5.99. The van der Waals surface area contributed by atoms with Crippen LogP contribution >= 0.6 is 0 Å². The molecule has 1 aliphatic rings. The third kappa shape index (κ3) is 4.61. The Balaban J connectivity index is 2.11. The van der Waals surface area contributed by atoms with E-state index in [9.17, 15) is 5.11 Å². The Kier molecular flexibility index (Phi) is 6.33. The Morgan fingerprint density at radius 2 is 2.00 bits per heavy atom. The average Bonchev–Trinajstić information content (AvgIpc) is 2.70. The molecule has 0 amide bonds. The molecule has 1 aliphatic carbocycles. The van der Waals surface area contributed by atoms with Gasteiger partial charge in [-0.1, -0.05) is 25.8 Å². The topological polar surface area (TPSA) is 50.7 Å². The Bertz CT molecular complexity index is 436. The normalized spacial score (nSPS) is 22.6. The molecule has 21 heavy (non-hydrogen) atoms. The fourth-order valence-corrected chi connectivity index (χ4v) is 2.75. The van der Waals surface area contributed by atoms with E-state index >= 15 is 0 Å². The summed E-state index contributed by atoms with van der Waals surface area (Å²) in [4.78, 5) is 0. The lowest BCUT2D eigenvalue weighted by atomic mass is 10.1. The van der Waals surface area contributed by atoms with Crippen molar-refractivity contribution in [3.63, 3.8) is 0 Å². The second kappa shape index (κ2) is 8.25. The molecular weight excluding hydrogens is 266 g/mol. The molecule has 0 saturated heterocycles. The van der Waals surface area contributed by atoms with Gasteiger partial charge in [-0.25, -0.2) is 0 Å². The van der Waals surface area contributed by atoms with Crippen LogP contribution in [0.25, 0.3) is 0 Å². The van der Waals surface area contributed by atoms with E-state index in [2.05, 4.69) is 12.2 Å². The van der Waals surface area contributed by atoms with E-state index in [1.807, 2.05) is 18.2 Å². The minimum Gasteiger partial charge on any atom is -0.493 e. The first-order valence-electron chi connectivity index (χ1n) is 7.97. The van der Waals surface area contributed by atoms with Crippen LogP contribution in [-0.2, 0) is 6.54 Å². The molecule has 4 nitrogen and oxygen atoms in total. The molecule has 1 fully saturated rings. The highest BCUT2D eigenvalue weighted by Gasteiger charge is 2.24. The summed E-state index contributed by atoms with van der Waals surface area (Å²) in [5.74, 6) is 1.46. The molecule has 1 aromatic rings. The molecule has 0 radical (unpaired) electrons. The SMILES string of the molecule is CCNCc1ccc(OC)c(OC2CCCCCC2O)c1. The van der Waals surface area contributed by atoms with Gasteiger partial charge >= 0.3 is 0 Å². The van der Waals surface area contributed by atoms with Crippen LogP contribution in [0.5, 0.6) is 11.5 Å². The van der Waals surface area contributed by atoms with Crippen molar-refractivity contribution in [1.82, 2.24) is 5.32 Å². The number of aliphatic hydroxyl groups is 1. The maximum absolute atomic E-state index is 10.2. The van der Waals surface area contributed by atoms with Crippen molar-refractivity contribution < 1.29 is 14.6 Å².